The van der Waals surface area contributed by atoms with Crippen molar-refractivity contribution in [1.82, 2.24) is 9.55 Å². The normalized spacial score (nSPS) is 14.4. The summed E-state index contributed by atoms with van der Waals surface area (Å²) in [6.07, 6.45) is 5.15. The summed E-state index contributed by atoms with van der Waals surface area (Å²) >= 11 is 0. The van der Waals surface area contributed by atoms with Crippen LogP contribution in [-0.4, -0.2) is 14.7 Å². The van der Waals surface area contributed by atoms with Gasteiger partial charge in [0, 0.05) is 25.9 Å². The summed E-state index contributed by atoms with van der Waals surface area (Å²) in [4.78, 5) is 4.28. The summed E-state index contributed by atoms with van der Waals surface area (Å²) in [6.45, 7) is 3.91. The molecule has 3 nitrogen and oxygen atoms in total. The van der Waals surface area contributed by atoms with Gasteiger partial charge in [0.2, 0.25) is 0 Å². The molecule has 0 bridgehead atoms. The number of nitrogens with zero attached hydrogens (tertiary/aromatic N) is 2. The maximum atomic E-state index is 10.6. The Morgan fingerprint density at radius 3 is 2.78 bits per heavy atom. The second-order valence-electron chi connectivity index (χ2n) is 5.10. The first-order valence-electron chi connectivity index (χ1n) is 6.25. The van der Waals surface area contributed by atoms with E-state index in [1.807, 2.05) is 55.9 Å². The van der Waals surface area contributed by atoms with Gasteiger partial charge in [-0.2, -0.15) is 0 Å². The van der Waals surface area contributed by atoms with Gasteiger partial charge in [-0.05, 0) is 25.8 Å². The van der Waals surface area contributed by atoms with Gasteiger partial charge >= 0.3 is 0 Å². The average molecular weight is 244 g/mol. The van der Waals surface area contributed by atoms with Crippen LogP contribution in [0.5, 0.6) is 0 Å². The molecule has 0 radical (unpaired) electrons. The topological polar surface area (TPSA) is 38.1 Å². The Balaban J connectivity index is 2.10. The van der Waals surface area contributed by atoms with E-state index in [-0.39, 0.29) is 0 Å². The molecule has 0 aliphatic heterocycles. The highest BCUT2D eigenvalue weighted by Gasteiger charge is 2.23. The molecule has 96 valence electrons. The Bertz CT molecular complexity index is 529. The SMILES string of the molecule is Cc1cccc(C(C)(O)CCc2nccn2C)c1. The molecule has 3 heteroatoms. The van der Waals surface area contributed by atoms with Crippen molar-refractivity contribution in [2.75, 3.05) is 0 Å². The van der Waals surface area contributed by atoms with Gasteiger partial charge in [0.05, 0.1) is 5.60 Å². The molecule has 2 aromatic rings. The summed E-state index contributed by atoms with van der Waals surface area (Å²) in [6, 6.07) is 8.04. The molecule has 0 saturated carbocycles. The van der Waals surface area contributed by atoms with Crippen molar-refractivity contribution in [3.63, 3.8) is 0 Å². The molecular weight excluding hydrogens is 224 g/mol. The largest absolute Gasteiger partial charge is 0.385 e. The van der Waals surface area contributed by atoms with Crippen LogP contribution in [-0.2, 0) is 19.1 Å². The molecule has 2 rings (SSSR count). The smallest absolute Gasteiger partial charge is 0.108 e. The third-order valence-electron chi connectivity index (χ3n) is 3.40. The Kier molecular flexibility index (Phi) is 3.53. The Morgan fingerprint density at radius 1 is 1.39 bits per heavy atom. The Morgan fingerprint density at radius 2 is 2.17 bits per heavy atom. The minimum absolute atomic E-state index is 0.668. The van der Waals surface area contributed by atoms with E-state index in [0.717, 1.165) is 17.8 Å². The summed E-state index contributed by atoms with van der Waals surface area (Å²) in [7, 11) is 1.98. The van der Waals surface area contributed by atoms with Crippen molar-refractivity contribution in [3.8, 4) is 0 Å². The number of aromatic nitrogens is 2. The fourth-order valence-corrected chi connectivity index (χ4v) is 2.12. The van der Waals surface area contributed by atoms with Crippen molar-refractivity contribution in [1.29, 1.82) is 0 Å². The summed E-state index contributed by atoms with van der Waals surface area (Å²) in [5.74, 6) is 1.00. The van der Waals surface area contributed by atoms with E-state index in [1.54, 1.807) is 6.20 Å². The first-order valence-corrected chi connectivity index (χ1v) is 6.25. The van der Waals surface area contributed by atoms with Crippen LogP contribution in [0.25, 0.3) is 0 Å². The maximum Gasteiger partial charge on any atom is 0.108 e. The first-order chi connectivity index (χ1) is 8.49. The van der Waals surface area contributed by atoms with Gasteiger partial charge in [0.25, 0.3) is 0 Å². The number of imidazole rings is 1. The lowest BCUT2D eigenvalue weighted by Crippen LogP contribution is -2.22. The maximum absolute atomic E-state index is 10.6. The van der Waals surface area contributed by atoms with Crippen LogP contribution in [0, 0.1) is 6.92 Å². The number of hydrogen-bond donors (Lipinski definition) is 1. The van der Waals surface area contributed by atoms with Crippen LogP contribution in [0.4, 0.5) is 0 Å². The van der Waals surface area contributed by atoms with E-state index in [1.165, 1.54) is 5.56 Å². The van der Waals surface area contributed by atoms with Crippen LogP contribution in [0.3, 0.4) is 0 Å². The fraction of sp³-hybridized carbons (Fsp3) is 0.400. The minimum atomic E-state index is -0.808. The number of aliphatic hydroxyl groups is 1. The molecule has 0 fully saturated rings. The van der Waals surface area contributed by atoms with Gasteiger partial charge in [0.15, 0.2) is 0 Å². The number of benzene rings is 1. The van der Waals surface area contributed by atoms with Crippen LogP contribution >= 0.6 is 0 Å². The van der Waals surface area contributed by atoms with Crippen molar-refractivity contribution in [3.05, 3.63) is 53.6 Å². The summed E-state index contributed by atoms with van der Waals surface area (Å²) in [5, 5.41) is 10.6. The van der Waals surface area contributed by atoms with E-state index in [2.05, 4.69) is 4.98 Å². The molecule has 1 atom stereocenters. The van der Waals surface area contributed by atoms with E-state index in [0.29, 0.717) is 6.42 Å². The van der Waals surface area contributed by atoms with Gasteiger partial charge in [-0.25, -0.2) is 4.98 Å². The highest BCUT2D eigenvalue weighted by atomic mass is 16.3. The predicted molar refractivity (Wildman–Crippen MR) is 72.3 cm³/mol. The van der Waals surface area contributed by atoms with Gasteiger partial charge in [-0.1, -0.05) is 29.8 Å². The van der Waals surface area contributed by atoms with Gasteiger partial charge in [-0.15, -0.1) is 0 Å². The van der Waals surface area contributed by atoms with Gasteiger partial charge in [0.1, 0.15) is 5.82 Å². The van der Waals surface area contributed by atoms with E-state index < -0.39 is 5.60 Å². The molecule has 0 aliphatic carbocycles. The lowest BCUT2D eigenvalue weighted by molar-refractivity contribution is 0.0473. The van der Waals surface area contributed by atoms with E-state index in [9.17, 15) is 5.11 Å². The number of rotatable bonds is 4. The van der Waals surface area contributed by atoms with Gasteiger partial charge < -0.3 is 9.67 Å². The average Bonchev–Trinajstić information content (AvgIpc) is 2.72. The quantitative estimate of drug-likeness (QED) is 0.897. The molecule has 0 amide bonds. The summed E-state index contributed by atoms with van der Waals surface area (Å²) < 4.78 is 1.99. The molecule has 1 unspecified atom stereocenters. The molecule has 0 saturated heterocycles. The molecular formula is C15H20N2O. The van der Waals surface area contributed by atoms with Crippen molar-refractivity contribution < 1.29 is 5.11 Å². The second-order valence-corrected chi connectivity index (χ2v) is 5.10. The number of hydrogen-bond acceptors (Lipinski definition) is 2. The molecule has 1 aromatic heterocycles. The number of aryl methyl sites for hydroxylation is 3. The molecule has 1 N–H and O–H groups in total. The van der Waals surface area contributed by atoms with Crippen molar-refractivity contribution >= 4 is 0 Å². The second kappa shape index (κ2) is 4.94. The Hall–Kier alpha value is -1.61. The molecule has 1 heterocycles. The molecule has 0 aliphatic rings. The van der Waals surface area contributed by atoms with Crippen LogP contribution in [0.15, 0.2) is 36.7 Å². The minimum Gasteiger partial charge on any atom is -0.385 e. The highest BCUT2D eigenvalue weighted by Crippen LogP contribution is 2.26. The first kappa shape index (κ1) is 12.8. The van der Waals surface area contributed by atoms with Crippen molar-refractivity contribution in [2.45, 2.75) is 32.3 Å². The third-order valence-corrected chi connectivity index (χ3v) is 3.40. The zero-order valence-corrected chi connectivity index (χ0v) is 11.2. The third kappa shape index (κ3) is 2.79. The predicted octanol–water partition coefficient (Wildman–Crippen LogP) is 2.57. The van der Waals surface area contributed by atoms with Crippen molar-refractivity contribution in [2.24, 2.45) is 7.05 Å². The fourth-order valence-electron chi connectivity index (χ4n) is 2.12. The van der Waals surface area contributed by atoms with Crippen LogP contribution < -0.4 is 0 Å². The lowest BCUT2D eigenvalue weighted by Gasteiger charge is -2.24. The zero-order chi connectivity index (χ0) is 13.2. The summed E-state index contributed by atoms with van der Waals surface area (Å²) in [5.41, 5.74) is 1.33. The lowest BCUT2D eigenvalue weighted by atomic mass is 9.90. The molecule has 18 heavy (non-hydrogen) atoms. The van der Waals surface area contributed by atoms with Gasteiger partial charge in [-0.3, -0.25) is 0 Å². The molecule has 1 aromatic carbocycles. The zero-order valence-electron chi connectivity index (χ0n) is 11.2. The van der Waals surface area contributed by atoms with Crippen LogP contribution in [0.1, 0.15) is 30.3 Å². The van der Waals surface area contributed by atoms with E-state index >= 15 is 0 Å². The van der Waals surface area contributed by atoms with E-state index in [4.69, 9.17) is 0 Å². The standard InChI is InChI=1S/C15H20N2O/c1-12-5-4-6-13(11-12)15(2,18)8-7-14-16-9-10-17(14)3/h4-6,9-11,18H,7-8H2,1-3H3. The van der Waals surface area contributed by atoms with Crippen LogP contribution in [0.2, 0.25) is 0 Å². The monoisotopic (exact) mass is 244 g/mol. The Labute approximate surface area is 108 Å². The molecule has 0 spiro atoms. The highest BCUT2D eigenvalue weighted by molar-refractivity contribution is 5.27.